The molecule has 0 aliphatic carbocycles. The topological polar surface area (TPSA) is 86.8 Å². The van der Waals surface area contributed by atoms with Crippen LogP contribution in [-0.2, 0) is 26.2 Å². The van der Waals surface area contributed by atoms with Crippen LogP contribution in [0, 0.1) is 6.92 Å². The van der Waals surface area contributed by atoms with E-state index in [4.69, 9.17) is 23.2 Å². The summed E-state index contributed by atoms with van der Waals surface area (Å²) in [6, 6.07) is 18.5. The monoisotopic (exact) mass is 575 g/mol. The van der Waals surface area contributed by atoms with Crippen molar-refractivity contribution < 1.29 is 18.0 Å². The van der Waals surface area contributed by atoms with Crippen LogP contribution in [-0.4, -0.2) is 43.8 Å². The molecule has 0 aromatic heterocycles. The first kappa shape index (κ1) is 29.5. The molecule has 1 N–H and O–H groups in total. The predicted octanol–water partition coefficient (Wildman–Crippen LogP) is 5.44. The highest BCUT2D eigenvalue weighted by Gasteiger charge is 2.32. The second-order valence-corrected chi connectivity index (χ2v) is 12.0. The summed E-state index contributed by atoms with van der Waals surface area (Å²) in [6.07, 6.45) is 0. The normalized spacial score (nSPS) is 12.2. The largest absolute Gasteiger partial charge is 0.352 e. The number of hydrogen-bond acceptors (Lipinski definition) is 4. The van der Waals surface area contributed by atoms with E-state index in [9.17, 15) is 18.0 Å². The van der Waals surface area contributed by atoms with Crippen LogP contribution in [0.4, 0.5) is 5.69 Å². The summed E-state index contributed by atoms with van der Waals surface area (Å²) in [5, 5.41) is 3.73. The smallest absolute Gasteiger partial charge is 0.264 e. The maximum Gasteiger partial charge on any atom is 0.264 e. The number of rotatable bonds is 10. The molecule has 0 fully saturated rings. The highest BCUT2D eigenvalue weighted by molar-refractivity contribution is 7.92. The van der Waals surface area contributed by atoms with E-state index in [1.807, 2.05) is 20.8 Å². The third-order valence-corrected chi connectivity index (χ3v) is 8.12. The number of halogens is 2. The van der Waals surface area contributed by atoms with Gasteiger partial charge in [-0.3, -0.25) is 13.9 Å². The van der Waals surface area contributed by atoms with Gasteiger partial charge in [0.1, 0.15) is 12.6 Å². The molecule has 2 amide bonds. The summed E-state index contributed by atoms with van der Waals surface area (Å²) >= 11 is 12.2. The minimum atomic E-state index is -4.14. The van der Waals surface area contributed by atoms with Gasteiger partial charge in [0, 0.05) is 22.6 Å². The Morgan fingerprint density at radius 3 is 2.11 bits per heavy atom. The molecule has 0 aliphatic heterocycles. The third-order valence-electron chi connectivity index (χ3n) is 5.84. The van der Waals surface area contributed by atoms with Crippen molar-refractivity contribution >= 4 is 50.7 Å². The van der Waals surface area contributed by atoms with Crippen LogP contribution in [0.5, 0.6) is 0 Å². The molecule has 0 unspecified atom stereocenters. The third kappa shape index (κ3) is 7.49. The van der Waals surface area contributed by atoms with Crippen LogP contribution in [0.3, 0.4) is 0 Å². The minimum Gasteiger partial charge on any atom is -0.352 e. The van der Waals surface area contributed by atoms with Gasteiger partial charge in [-0.05, 0) is 81.8 Å². The van der Waals surface area contributed by atoms with E-state index in [0.29, 0.717) is 15.6 Å². The first-order valence-corrected chi connectivity index (χ1v) is 14.3. The van der Waals surface area contributed by atoms with Gasteiger partial charge in [-0.1, -0.05) is 53.0 Å². The number of amides is 2. The molecule has 38 heavy (non-hydrogen) atoms. The highest BCUT2D eigenvalue weighted by Crippen LogP contribution is 2.26. The Morgan fingerprint density at radius 1 is 0.895 bits per heavy atom. The van der Waals surface area contributed by atoms with Crippen LogP contribution in [0.1, 0.15) is 31.9 Å². The maximum absolute atomic E-state index is 13.8. The summed E-state index contributed by atoms with van der Waals surface area (Å²) in [7, 11) is -4.14. The SMILES string of the molecule is Cc1ccc(S(=O)(=O)N(CC(=O)N(Cc2cccc(Cl)c2)[C@H](C)C(=O)NC(C)C)c2ccc(Cl)cc2)cc1. The van der Waals surface area contributed by atoms with Gasteiger partial charge in [0.15, 0.2) is 0 Å². The molecule has 3 rings (SSSR count). The quantitative estimate of drug-likeness (QED) is 0.348. The van der Waals surface area contributed by atoms with Gasteiger partial charge in [-0.15, -0.1) is 0 Å². The lowest BCUT2D eigenvalue weighted by molar-refractivity contribution is -0.139. The Labute approximate surface area is 234 Å². The Balaban J connectivity index is 2.02. The zero-order valence-electron chi connectivity index (χ0n) is 21.7. The van der Waals surface area contributed by atoms with Crippen molar-refractivity contribution in [3.63, 3.8) is 0 Å². The average Bonchev–Trinajstić information content (AvgIpc) is 2.86. The summed E-state index contributed by atoms with van der Waals surface area (Å²) in [4.78, 5) is 28.1. The predicted molar refractivity (Wildman–Crippen MR) is 152 cm³/mol. The molecule has 3 aromatic rings. The van der Waals surface area contributed by atoms with Gasteiger partial charge in [0.05, 0.1) is 10.6 Å². The Bertz CT molecular complexity index is 1380. The summed E-state index contributed by atoms with van der Waals surface area (Å²) in [6.45, 7) is 6.65. The fraction of sp³-hybridized carbons (Fsp3) is 0.286. The number of hydrogen-bond donors (Lipinski definition) is 1. The van der Waals surface area contributed by atoms with E-state index in [-0.39, 0.29) is 29.1 Å². The van der Waals surface area contributed by atoms with Gasteiger partial charge in [-0.2, -0.15) is 0 Å². The first-order chi connectivity index (χ1) is 17.9. The van der Waals surface area contributed by atoms with Gasteiger partial charge < -0.3 is 10.2 Å². The number of sulfonamides is 1. The number of benzene rings is 3. The van der Waals surface area contributed by atoms with Gasteiger partial charge >= 0.3 is 0 Å². The number of nitrogens with one attached hydrogen (secondary N) is 1. The molecular formula is C28H31Cl2N3O4S. The van der Waals surface area contributed by atoms with Gasteiger partial charge in [-0.25, -0.2) is 8.42 Å². The zero-order valence-corrected chi connectivity index (χ0v) is 24.0. The van der Waals surface area contributed by atoms with Crippen molar-refractivity contribution in [1.29, 1.82) is 0 Å². The highest BCUT2D eigenvalue weighted by atomic mass is 35.5. The fourth-order valence-electron chi connectivity index (χ4n) is 3.79. The molecule has 7 nitrogen and oxygen atoms in total. The number of aryl methyl sites for hydroxylation is 1. The lowest BCUT2D eigenvalue weighted by atomic mass is 10.1. The van der Waals surface area contributed by atoms with Crippen molar-refractivity contribution in [1.82, 2.24) is 10.2 Å². The number of carbonyl (C=O) groups is 2. The van der Waals surface area contributed by atoms with Crippen LogP contribution < -0.4 is 9.62 Å². The summed E-state index contributed by atoms with van der Waals surface area (Å²) < 4.78 is 28.6. The van der Waals surface area contributed by atoms with E-state index >= 15 is 0 Å². The number of nitrogens with zero attached hydrogens (tertiary/aromatic N) is 2. The zero-order chi connectivity index (χ0) is 28.0. The minimum absolute atomic E-state index is 0.0397. The summed E-state index contributed by atoms with van der Waals surface area (Å²) in [5.41, 5.74) is 1.87. The molecule has 0 aliphatic rings. The molecular weight excluding hydrogens is 545 g/mol. The van der Waals surface area contributed by atoms with Crippen LogP contribution in [0.15, 0.2) is 77.7 Å². The first-order valence-electron chi connectivity index (χ1n) is 12.1. The van der Waals surface area contributed by atoms with Crippen LogP contribution in [0.25, 0.3) is 0 Å². The Hall–Kier alpha value is -3.07. The molecule has 0 bridgehead atoms. The van der Waals surface area contributed by atoms with Crippen molar-refractivity contribution in [3.05, 3.63) is 94.0 Å². The van der Waals surface area contributed by atoms with E-state index < -0.39 is 28.5 Å². The molecule has 0 saturated carbocycles. The molecule has 0 radical (unpaired) electrons. The molecule has 10 heteroatoms. The Kier molecular flexibility index (Phi) is 9.82. The van der Waals surface area contributed by atoms with Gasteiger partial charge in [0.2, 0.25) is 11.8 Å². The van der Waals surface area contributed by atoms with Crippen molar-refractivity contribution in [2.75, 3.05) is 10.8 Å². The maximum atomic E-state index is 13.8. The number of anilines is 1. The van der Waals surface area contributed by atoms with E-state index in [1.165, 1.54) is 29.2 Å². The van der Waals surface area contributed by atoms with Crippen LogP contribution in [0.2, 0.25) is 10.0 Å². The van der Waals surface area contributed by atoms with Crippen LogP contribution >= 0.6 is 23.2 Å². The molecule has 0 spiro atoms. The number of carbonyl (C=O) groups excluding carboxylic acids is 2. The van der Waals surface area contributed by atoms with E-state index in [1.54, 1.807) is 55.5 Å². The lowest BCUT2D eigenvalue weighted by Gasteiger charge is -2.32. The lowest BCUT2D eigenvalue weighted by Crippen LogP contribution is -2.52. The van der Waals surface area contributed by atoms with Crippen molar-refractivity contribution in [3.8, 4) is 0 Å². The molecule has 1 atom stereocenters. The van der Waals surface area contributed by atoms with E-state index in [0.717, 1.165) is 9.87 Å². The molecule has 0 saturated heterocycles. The second-order valence-electron chi connectivity index (χ2n) is 9.29. The second kappa shape index (κ2) is 12.7. The molecule has 3 aromatic carbocycles. The molecule has 202 valence electrons. The van der Waals surface area contributed by atoms with Crippen molar-refractivity contribution in [2.45, 2.75) is 51.2 Å². The fourth-order valence-corrected chi connectivity index (χ4v) is 5.55. The van der Waals surface area contributed by atoms with Crippen molar-refractivity contribution in [2.24, 2.45) is 0 Å². The standard InChI is InChI=1S/C28H31Cl2N3O4S/c1-19(2)31-28(35)21(4)32(17-22-6-5-7-24(30)16-22)27(34)18-33(25-12-10-23(29)11-13-25)38(36,37)26-14-8-20(3)9-15-26/h5-16,19,21H,17-18H2,1-4H3,(H,31,35)/t21-/m1/s1. The molecule has 0 heterocycles. The Morgan fingerprint density at radius 2 is 1.53 bits per heavy atom. The van der Waals surface area contributed by atoms with Gasteiger partial charge in [0.25, 0.3) is 10.0 Å². The van der Waals surface area contributed by atoms with E-state index in [2.05, 4.69) is 5.32 Å². The average molecular weight is 577 g/mol. The summed E-state index contributed by atoms with van der Waals surface area (Å²) in [5.74, 6) is -0.906.